The van der Waals surface area contributed by atoms with E-state index in [0.29, 0.717) is 0 Å². The maximum atomic E-state index is 2.34. The lowest BCUT2D eigenvalue weighted by Gasteiger charge is -2.26. The highest BCUT2D eigenvalue weighted by Gasteiger charge is 2.15. The van der Waals surface area contributed by atoms with Crippen LogP contribution in [0.2, 0.25) is 0 Å². The van der Waals surface area contributed by atoms with Gasteiger partial charge in [0, 0.05) is 17.1 Å². The zero-order chi connectivity index (χ0) is 38.0. The molecule has 0 radical (unpaired) electrons. The van der Waals surface area contributed by atoms with Crippen molar-refractivity contribution >= 4 is 38.6 Å². The van der Waals surface area contributed by atoms with Gasteiger partial charge in [0.1, 0.15) is 0 Å². The van der Waals surface area contributed by atoms with Gasteiger partial charge in [-0.1, -0.05) is 194 Å². The summed E-state index contributed by atoms with van der Waals surface area (Å²) < 4.78 is 0. The number of nitrogens with zero attached hydrogens (tertiary/aromatic N) is 1. The lowest BCUT2D eigenvalue weighted by Crippen LogP contribution is -2.09. The summed E-state index contributed by atoms with van der Waals surface area (Å²) in [6.45, 7) is 0. The van der Waals surface area contributed by atoms with Crippen molar-refractivity contribution in [3.8, 4) is 55.6 Å². The summed E-state index contributed by atoms with van der Waals surface area (Å²) in [7, 11) is 0. The van der Waals surface area contributed by atoms with Gasteiger partial charge < -0.3 is 4.90 Å². The van der Waals surface area contributed by atoms with Gasteiger partial charge in [0.15, 0.2) is 0 Å². The van der Waals surface area contributed by atoms with Gasteiger partial charge in [-0.05, 0) is 120 Å². The van der Waals surface area contributed by atoms with Crippen LogP contribution in [0, 0.1) is 0 Å². The van der Waals surface area contributed by atoms with Crippen LogP contribution >= 0.6 is 0 Å². The fraction of sp³-hybridized carbons (Fsp3) is 0. The minimum absolute atomic E-state index is 1.10. The molecular formula is C56H39N. The minimum Gasteiger partial charge on any atom is -0.311 e. The summed E-state index contributed by atoms with van der Waals surface area (Å²) in [5.41, 5.74) is 15.4. The summed E-state index contributed by atoms with van der Waals surface area (Å²) in [4.78, 5) is 2.34. The predicted octanol–water partition coefficient (Wildman–Crippen LogP) is 15.8. The molecule has 10 aromatic rings. The highest BCUT2D eigenvalue weighted by Crippen LogP contribution is 2.39. The maximum absolute atomic E-state index is 2.34. The summed E-state index contributed by atoms with van der Waals surface area (Å²) in [5.74, 6) is 0. The van der Waals surface area contributed by atoms with Crippen LogP contribution in [0.5, 0.6) is 0 Å². The van der Waals surface area contributed by atoms with Crippen LogP contribution in [0.25, 0.3) is 77.2 Å². The lowest BCUT2D eigenvalue weighted by molar-refractivity contribution is 1.28. The molecule has 0 aliphatic carbocycles. The standard InChI is InChI=1S/C56H39N/c1-3-11-40(12-4-1)42-19-21-43(22-20-42)46-29-35-51(36-30-46)57(50-33-27-45(28-34-50)41-13-5-2-6-14-41)52-37-31-47(32-38-52)44-23-25-48(26-24-44)56-39-49-15-7-8-16-53(49)54-17-9-10-18-55(54)56/h1-39H. The van der Waals surface area contributed by atoms with Gasteiger partial charge >= 0.3 is 0 Å². The van der Waals surface area contributed by atoms with E-state index in [1.54, 1.807) is 0 Å². The Kier molecular flexibility index (Phi) is 8.95. The number of hydrogen-bond acceptors (Lipinski definition) is 1. The number of rotatable bonds is 8. The Labute approximate surface area is 334 Å². The van der Waals surface area contributed by atoms with E-state index in [4.69, 9.17) is 0 Å². The molecule has 57 heavy (non-hydrogen) atoms. The lowest BCUT2D eigenvalue weighted by atomic mass is 9.92. The molecule has 0 fully saturated rings. The van der Waals surface area contributed by atoms with Crippen LogP contribution in [0.4, 0.5) is 17.1 Å². The Morgan fingerprint density at radius 2 is 0.509 bits per heavy atom. The van der Waals surface area contributed by atoms with Gasteiger partial charge in [-0.15, -0.1) is 0 Å². The predicted molar refractivity (Wildman–Crippen MR) is 243 cm³/mol. The van der Waals surface area contributed by atoms with Gasteiger partial charge in [0.05, 0.1) is 0 Å². The van der Waals surface area contributed by atoms with Crippen LogP contribution in [-0.4, -0.2) is 0 Å². The molecule has 0 aromatic heterocycles. The Balaban J connectivity index is 0.963. The quantitative estimate of drug-likeness (QED) is 0.141. The first kappa shape index (κ1) is 34.0. The monoisotopic (exact) mass is 725 g/mol. The number of benzene rings is 10. The summed E-state index contributed by atoms with van der Waals surface area (Å²) >= 11 is 0. The van der Waals surface area contributed by atoms with Crippen LogP contribution in [0.3, 0.4) is 0 Å². The van der Waals surface area contributed by atoms with Crippen LogP contribution in [0.1, 0.15) is 0 Å². The molecule has 0 N–H and O–H groups in total. The topological polar surface area (TPSA) is 3.24 Å². The number of hydrogen-bond donors (Lipinski definition) is 0. The molecule has 1 heteroatoms. The van der Waals surface area contributed by atoms with E-state index in [-0.39, 0.29) is 0 Å². The third-order valence-electron chi connectivity index (χ3n) is 11.1. The van der Waals surface area contributed by atoms with E-state index in [2.05, 4.69) is 241 Å². The normalized spacial score (nSPS) is 11.2. The van der Waals surface area contributed by atoms with Gasteiger partial charge in [0.25, 0.3) is 0 Å². The van der Waals surface area contributed by atoms with Crippen LogP contribution < -0.4 is 4.90 Å². The summed E-state index contributed by atoms with van der Waals surface area (Å²) in [6.07, 6.45) is 0. The van der Waals surface area contributed by atoms with Crippen LogP contribution in [-0.2, 0) is 0 Å². The minimum atomic E-state index is 1.10. The largest absolute Gasteiger partial charge is 0.311 e. The molecule has 0 heterocycles. The second kappa shape index (κ2) is 15.0. The van der Waals surface area contributed by atoms with Gasteiger partial charge in [0.2, 0.25) is 0 Å². The van der Waals surface area contributed by atoms with Crippen molar-refractivity contribution in [1.82, 2.24) is 0 Å². The van der Waals surface area contributed by atoms with Crippen LogP contribution in [0.15, 0.2) is 237 Å². The zero-order valence-corrected chi connectivity index (χ0v) is 31.5. The molecule has 0 atom stereocenters. The highest BCUT2D eigenvalue weighted by atomic mass is 15.1. The van der Waals surface area contributed by atoms with Gasteiger partial charge in [-0.3, -0.25) is 0 Å². The molecule has 0 amide bonds. The van der Waals surface area contributed by atoms with Crippen molar-refractivity contribution in [1.29, 1.82) is 0 Å². The molecule has 10 aromatic carbocycles. The second-order valence-corrected chi connectivity index (χ2v) is 14.6. The van der Waals surface area contributed by atoms with Crippen molar-refractivity contribution in [3.05, 3.63) is 237 Å². The summed E-state index contributed by atoms with van der Waals surface area (Å²) in [6, 6.07) is 85.5. The third kappa shape index (κ3) is 6.77. The Bertz CT molecular complexity index is 2930. The Morgan fingerprint density at radius 1 is 0.211 bits per heavy atom. The fourth-order valence-electron chi connectivity index (χ4n) is 8.11. The Hall–Kier alpha value is -7.48. The van der Waals surface area contributed by atoms with Gasteiger partial charge in [-0.2, -0.15) is 0 Å². The molecule has 10 rings (SSSR count). The molecule has 0 aliphatic heterocycles. The van der Waals surface area contributed by atoms with E-state index in [1.165, 1.54) is 77.2 Å². The third-order valence-corrected chi connectivity index (χ3v) is 11.1. The molecule has 1 nitrogen and oxygen atoms in total. The van der Waals surface area contributed by atoms with Crippen molar-refractivity contribution in [3.63, 3.8) is 0 Å². The fourth-order valence-corrected chi connectivity index (χ4v) is 8.11. The molecule has 0 bridgehead atoms. The second-order valence-electron chi connectivity index (χ2n) is 14.6. The number of anilines is 3. The first-order chi connectivity index (χ1) is 28.2. The maximum Gasteiger partial charge on any atom is 0.0462 e. The van der Waals surface area contributed by atoms with Crippen molar-refractivity contribution in [2.24, 2.45) is 0 Å². The molecule has 0 spiro atoms. The zero-order valence-electron chi connectivity index (χ0n) is 31.5. The molecular weight excluding hydrogens is 687 g/mol. The average molecular weight is 726 g/mol. The van der Waals surface area contributed by atoms with Crippen molar-refractivity contribution in [2.45, 2.75) is 0 Å². The first-order valence-electron chi connectivity index (χ1n) is 19.6. The number of fused-ring (bicyclic) bond motifs is 3. The van der Waals surface area contributed by atoms with E-state index < -0.39 is 0 Å². The van der Waals surface area contributed by atoms with Crippen molar-refractivity contribution in [2.75, 3.05) is 4.90 Å². The van der Waals surface area contributed by atoms with E-state index >= 15 is 0 Å². The first-order valence-corrected chi connectivity index (χ1v) is 19.6. The molecule has 0 unspecified atom stereocenters. The van der Waals surface area contributed by atoms with Gasteiger partial charge in [-0.25, -0.2) is 0 Å². The van der Waals surface area contributed by atoms with Crippen molar-refractivity contribution < 1.29 is 0 Å². The molecule has 0 saturated heterocycles. The Morgan fingerprint density at radius 3 is 0.930 bits per heavy atom. The smallest absolute Gasteiger partial charge is 0.0462 e. The SMILES string of the molecule is c1ccc(-c2ccc(-c3ccc(N(c4ccc(-c5ccccc5)cc4)c4ccc(-c5ccc(-c6cc7ccccc7c7ccccc67)cc5)cc4)cc3)cc2)cc1. The van der Waals surface area contributed by atoms with E-state index in [1.807, 2.05) is 0 Å². The molecule has 0 aliphatic rings. The van der Waals surface area contributed by atoms with E-state index in [9.17, 15) is 0 Å². The summed E-state index contributed by atoms with van der Waals surface area (Å²) in [5, 5.41) is 5.12. The molecule has 0 saturated carbocycles. The molecule has 268 valence electrons. The van der Waals surface area contributed by atoms with E-state index in [0.717, 1.165) is 17.1 Å². The highest BCUT2D eigenvalue weighted by molar-refractivity contribution is 6.13. The average Bonchev–Trinajstić information content (AvgIpc) is 3.30.